The van der Waals surface area contributed by atoms with Crippen molar-refractivity contribution in [2.24, 2.45) is 0 Å². The van der Waals surface area contributed by atoms with E-state index in [2.05, 4.69) is 0 Å². The van der Waals surface area contributed by atoms with Crippen molar-refractivity contribution in [3.05, 3.63) is 40.6 Å². The Morgan fingerprint density at radius 2 is 1.77 bits per heavy atom. The van der Waals surface area contributed by atoms with E-state index in [1.165, 1.54) is 0 Å². The molecule has 0 aliphatic rings. The molecule has 0 aliphatic heterocycles. The van der Waals surface area contributed by atoms with Crippen LogP contribution >= 0.6 is 0 Å². The van der Waals surface area contributed by atoms with Crippen molar-refractivity contribution in [2.45, 2.75) is 20.8 Å². The maximum atomic E-state index is 13.2. The van der Waals surface area contributed by atoms with Gasteiger partial charge in [-0.1, -0.05) is 19.1 Å². The van der Waals surface area contributed by atoms with E-state index in [0.717, 1.165) is 11.5 Å². The monoisotopic (exact) mass is 181 g/mol. The molecule has 0 unspecified atom stereocenters. The number of hydrogen-bond acceptors (Lipinski definition) is 1. The molecule has 13 heavy (non-hydrogen) atoms. The van der Waals surface area contributed by atoms with Gasteiger partial charge in [-0.25, -0.2) is 4.39 Å². The van der Waals surface area contributed by atoms with E-state index in [9.17, 15) is 4.39 Å². The lowest BCUT2D eigenvalue weighted by Crippen LogP contribution is -2.02. The van der Waals surface area contributed by atoms with E-state index in [1.54, 1.807) is 26.0 Å². The maximum absolute atomic E-state index is 13.2. The van der Waals surface area contributed by atoms with Crippen LogP contribution in [0.1, 0.15) is 23.6 Å². The van der Waals surface area contributed by atoms with Gasteiger partial charge in [-0.05, 0) is 30.5 Å². The number of hydrogen-bond donors (Lipinski definition) is 1. The van der Waals surface area contributed by atoms with Crippen LogP contribution in [0, 0.1) is 25.6 Å². The molecule has 0 aliphatic carbocycles. The van der Waals surface area contributed by atoms with E-state index in [4.69, 9.17) is 5.11 Å². The summed E-state index contributed by atoms with van der Waals surface area (Å²) in [6.07, 6.45) is 0. The van der Waals surface area contributed by atoms with Crippen molar-refractivity contribution in [3.8, 4) is 0 Å². The summed E-state index contributed by atoms with van der Waals surface area (Å²) in [5.41, 5.74) is 2.17. The van der Waals surface area contributed by atoms with Gasteiger partial charge < -0.3 is 5.11 Å². The molecule has 2 heteroatoms. The van der Waals surface area contributed by atoms with Gasteiger partial charge in [0.1, 0.15) is 5.82 Å². The van der Waals surface area contributed by atoms with Crippen molar-refractivity contribution in [1.29, 1.82) is 0 Å². The highest BCUT2D eigenvalue weighted by Crippen LogP contribution is 2.20. The Labute approximate surface area is 78.2 Å². The molecule has 1 aromatic rings. The predicted molar refractivity (Wildman–Crippen MR) is 51.0 cm³/mol. The molecule has 71 valence electrons. The molecule has 0 fully saturated rings. The predicted octanol–water partition coefficient (Wildman–Crippen LogP) is 2.38. The van der Waals surface area contributed by atoms with Gasteiger partial charge in [0, 0.05) is 5.92 Å². The van der Waals surface area contributed by atoms with Crippen LogP contribution in [0.15, 0.2) is 12.1 Å². The molecule has 0 saturated heterocycles. The second-order valence-electron chi connectivity index (χ2n) is 3.36. The molecule has 0 aromatic heterocycles. The number of rotatable bonds is 2. The quantitative estimate of drug-likeness (QED) is 0.742. The van der Waals surface area contributed by atoms with Crippen LogP contribution < -0.4 is 0 Å². The first kappa shape index (κ1) is 10.2. The van der Waals surface area contributed by atoms with Crippen molar-refractivity contribution < 1.29 is 9.50 Å². The lowest BCUT2D eigenvalue weighted by Gasteiger charge is -2.10. The smallest absolute Gasteiger partial charge is 0.129 e. The first-order chi connectivity index (χ1) is 6.06. The summed E-state index contributed by atoms with van der Waals surface area (Å²) in [7, 11) is 0. The molecule has 1 N–H and O–H groups in total. The summed E-state index contributed by atoms with van der Waals surface area (Å²) in [6.45, 7) is 5.32. The number of halogens is 1. The Balaban J connectivity index is 3.13. The molecular formula is C11H14FO. The van der Waals surface area contributed by atoms with E-state index in [-0.39, 0.29) is 12.4 Å². The van der Waals surface area contributed by atoms with Gasteiger partial charge in [-0.15, -0.1) is 0 Å². The van der Waals surface area contributed by atoms with E-state index < -0.39 is 0 Å². The average molecular weight is 181 g/mol. The normalized spacial score (nSPS) is 10.9. The van der Waals surface area contributed by atoms with Crippen LogP contribution in [0.25, 0.3) is 0 Å². The number of aryl methyl sites for hydroxylation is 2. The van der Waals surface area contributed by atoms with Crippen molar-refractivity contribution in [3.63, 3.8) is 0 Å². The lowest BCUT2D eigenvalue weighted by molar-refractivity contribution is 0.315. The van der Waals surface area contributed by atoms with Gasteiger partial charge in [0.2, 0.25) is 0 Å². The maximum Gasteiger partial charge on any atom is 0.129 e. The van der Waals surface area contributed by atoms with Crippen LogP contribution in [0.3, 0.4) is 0 Å². The highest BCUT2D eigenvalue weighted by Gasteiger charge is 2.09. The Hall–Kier alpha value is -0.890. The Morgan fingerprint density at radius 1 is 1.31 bits per heavy atom. The molecule has 1 rings (SSSR count). The summed E-state index contributed by atoms with van der Waals surface area (Å²) in [6, 6.07) is 3.52. The van der Waals surface area contributed by atoms with Gasteiger partial charge in [0.25, 0.3) is 0 Å². The zero-order chi connectivity index (χ0) is 10.0. The van der Waals surface area contributed by atoms with Crippen molar-refractivity contribution >= 4 is 0 Å². The van der Waals surface area contributed by atoms with Crippen LogP contribution in [0.5, 0.6) is 0 Å². The fraction of sp³-hybridized carbons (Fsp3) is 0.364. The summed E-state index contributed by atoms with van der Waals surface area (Å²) in [5, 5.41) is 8.91. The summed E-state index contributed by atoms with van der Waals surface area (Å²) < 4.78 is 13.2. The van der Waals surface area contributed by atoms with Gasteiger partial charge in [0.15, 0.2) is 0 Å². The summed E-state index contributed by atoms with van der Waals surface area (Å²) >= 11 is 0. The van der Waals surface area contributed by atoms with Gasteiger partial charge in [-0.2, -0.15) is 0 Å². The standard InChI is InChI=1S/C11H14FO/c1-7-4-10(9(3)6-13)5-8(2)11(7)12/h4-5,13H,6H2,1-3H3. The van der Waals surface area contributed by atoms with Crippen LogP contribution in [-0.4, -0.2) is 11.7 Å². The zero-order valence-electron chi connectivity index (χ0n) is 8.19. The highest BCUT2D eigenvalue weighted by molar-refractivity contribution is 5.37. The van der Waals surface area contributed by atoms with Crippen LogP contribution in [0.4, 0.5) is 4.39 Å². The largest absolute Gasteiger partial charge is 0.395 e. The van der Waals surface area contributed by atoms with E-state index in [1.807, 2.05) is 6.92 Å². The fourth-order valence-electron chi connectivity index (χ4n) is 1.28. The minimum absolute atomic E-state index is 0.0184. The minimum atomic E-state index is -0.158. The third-order valence-corrected chi connectivity index (χ3v) is 2.17. The molecule has 1 aromatic carbocycles. The number of benzene rings is 1. The summed E-state index contributed by atoms with van der Waals surface area (Å²) in [4.78, 5) is 0. The highest BCUT2D eigenvalue weighted by atomic mass is 19.1. The molecule has 0 amide bonds. The topological polar surface area (TPSA) is 20.2 Å². The minimum Gasteiger partial charge on any atom is -0.395 e. The van der Waals surface area contributed by atoms with E-state index in [0.29, 0.717) is 11.1 Å². The molecule has 0 bridgehead atoms. The van der Waals surface area contributed by atoms with Gasteiger partial charge in [-0.3, -0.25) is 0 Å². The molecule has 0 atom stereocenters. The van der Waals surface area contributed by atoms with Crippen LogP contribution in [-0.2, 0) is 0 Å². The van der Waals surface area contributed by atoms with Crippen molar-refractivity contribution in [2.75, 3.05) is 6.61 Å². The van der Waals surface area contributed by atoms with Gasteiger partial charge >= 0.3 is 0 Å². The fourth-order valence-corrected chi connectivity index (χ4v) is 1.28. The average Bonchev–Trinajstić information content (AvgIpc) is 2.12. The Kier molecular flexibility index (Phi) is 3.04. The Morgan fingerprint density at radius 3 is 2.15 bits per heavy atom. The third kappa shape index (κ3) is 2.07. The molecular weight excluding hydrogens is 167 g/mol. The first-order valence-corrected chi connectivity index (χ1v) is 4.26. The second kappa shape index (κ2) is 3.88. The number of aliphatic hydroxyl groups is 1. The molecule has 1 nitrogen and oxygen atoms in total. The second-order valence-corrected chi connectivity index (χ2v) is 3.36. The Bertz CT molecular complexity index is 284. The summed E-state index contributed by atoms with van der Waals surface area (Å²) in [5.74, 6) is 0.709. The first-order valence-electron chi connectivity index (χ1n) is 4.26. The van der Waals surface area contributed by atoms with Crippen LogP contribution in [0.2, 0.25) is 0 Å². The molecule has 1 radical (unpaired) electrons. The van der Waals surface area contributed by atoms with Crippen molar-refractivity contribution in [1.82, 2.24) is 0 Å². The molecule has 0 spiro atoms. The third-order valence-electron chi connectivity index (χ3n) is 2.17. The SMILES string of the molecule is C[C](CO)c1cc(C)c(F)c(C)c1. The lowest BCUT2D eigenvalue weighted by atomic mass is 9.97. The number of aliphatic hydroxyl groups excluding tert-OH is 1. The van der Waals surface area contributed by atoms with E-state index >= 15 is 0 Å². The molecule has 0 saturated carbocycles. The molecule has 0 heterocycles. The zero-order valence-corrected chi connectivity index (χ0v) is 8.19. The van der Waals surface area contributed by atoms with Gasteiger partial charge in [0.05, 0.1) is 6.61 Å².